The van der Waals surface area contributed by atoms with E-state index in [-0.39, 0.29) is 42.1 Å². The van der Waals surface area contributed by atoms with E-state index in [1.807, 2.05) is 0 Å². The van der Waals surface area contributed by atoms with Crippen molar-refractivity contribution in [2.24, 2.45) is 5.10 Å². The van der Waals surface area contributed by atoms with Gasteiger partial charge in [-0.25, -0.2) is 5.43 Å². The number of carbonyl (C=O) groups is 3. The number of amides is 3. The second-order valence-corrected chi connectivity index (χ2v) is 11.4. The minimum absolute atomic E-state index is 0.0126. The van der Waals surface area contributed by atoms with Gasteiger partial charge in [0.2, 0.25) is 0 Å². The van der Waals surface area contributed by atoms with Crippen LogP contribution in [-0.2, 0) is 6.54 Å². The van der Waals surface area contributed by atoms with Gasteiger partial charge in [0.25, 0.3) is 17.7 Å². The molecule has 0 atom stereocenters. The molecular weight excluding hydrogens is 607 g/mol. The van der Waals surface area contributed by atoms with Crippen molar-refractivity contribution in [3.05, 3.63) is 96.5 Å². The van der Waals surface area contributed by atoms with Crippen LogP contribution in [0.1, 0.15) is 47.8 Å². The van der Waals surface area contributed by atoms with Crippen molar-refractivity contribution in [3.63, 3.8) is 0 Å². The average Bonchev–Trinajstić information content (AvgIpc) is 3.62. The molecule has 41 heavy (non-hydrogen) atoms. The molecule has 0 spiro atoms. The zero-order valence-corrected chi connectivity index (χ0v) is 24.7. The Morgan fingerprint density at radius 2 is 1.61 bits per heavy atom. The first-order valence-corrected chi connectivity index (χ1v) is 14.6. The minimum Gasteiger partial charge on any atom is -0.506 e. The van der Waals surface area contributed by atoms with Crippen molar-refractivity contribution in [2.75, 3.05) is 13.2 Å². The van der Waals surface area contributed by atoms with Gasteiger partial charge in [0, 0.05) is 24.0 Å². The number of hydrazone groups is 1. The number of aromatic hydroxyl groups is 1. The molecule has 4 rings (SSSR count). The van der Waals surface area contributed by atoms with Crippen molar-refractivity contribution in [1.29, 1.82) is 0 Å². The maximum absolute atomic E-state index is 12.7. The van der Waals surface area contributed by atoms with Gasteiger partial charge in [0.1, 0.15) is 5.75 Å². The SMILES string of the molecule is C/C(=N/NC(=O)c1ccc(C(=O)NCc2ccc(C(=O)NCCO)cc2)s1)c1csc(-c2ccc(Cl)c(Cl)c2)c1O. The fourth-order valence-corrected chi connectivity index (χ4v) is 5.71. The Kier molecular flexibility index (Phi) is 10.1. The first-order chi connectivity index (χ1) is 19.7. The zero-order valence-electron chi connectivity index (χ0n) is 21.5. The van der Waals surface area contributed by atoms with Gasteiger partial charge < -0.3 is 20.8 Å². The number of hydrogen-bond donors (Lipinski definition) is 5. The highest BCUT2D eigenvalue weighted by Gasteiger charge is 2.17. The van der Waals surface area contributed by atoms with Crippen LogP contribution in [0.4, 0.5) is 0 Å². The summed E-state index contributed by atoms with van der Waals surface area (Å²) in [5.74, 6) is -1.13. The van der Waals surface area contributed by atoms with Crippen LogP contribution in [0.15, 0.2) is 65.1 Å². The van der Waals surface area contributed by atoms with Crippen LogP contribution in [0.25, 0.3) is 10.4 Å². The van der Waals surface area contributed by atoms with Crippen molar-refractivity contribution in [1.82, 2.24) is 16.1 Å². The van der Waals surface area contributed by atoms with Gasteiger partial charge in [-0.2, -0.15) is 5.10 Å². The summed E-state index contributed by atoms with van der Waals surface area (Å²) in [4.78, 5) is 38.4. The van der Waals surface area contributed by atoms with E-state index in [0.717, 1.165) is 16.9 Å². The summed E-state index contributed by atoms with van der Waals surface area (Å²) < 4.78 is 0. The molecule has 5 N–H and O–H groups in total. The number of thiophene rings is 2. The summed E-state index contributed by atoms with van der Waals surface area (Å²) in [5.41, 5.74) is 5.25. The van der Waals surface area contributed by atoms with Gasteiger partial charge in [-0.1, -0.05) is 41.4 Å². The molecule has 0 aliphatic rings. The van der Waals surface area contributed by atoms with E-state index in [4.69, 9.17) is 28.3 Å². The number of aliphatic hydroxyl groups excluding tert-OH is 1. The molecule has 4 aromatic rings. The predicted octanol–water partition coefficient (Wildman–Crippen LogP) is 5.30. The number of nitrogens with zero attached hydrogens (tertiary/aromatic N) is 1. The smallest absolute Gasteiger partial charge is 0.281 e. The van der Waals surface area contributed by atoms with Gasteiger partial charge in [-0.05, 0) is 54.4 Å². The highest BCUT2D eigenvalue weighted by atomic mass is 35.5. The Bertz CT molecular complexity index is 1620. The highest BCUT2D eigenvalue weighted by molar-refractivity contribution is 7.16. The molecule has 2 heterocycles. The number of carbonyl (C=O) groups excluding carboxylic acids is 3. The maximum Gasteiger partial charge on any atom is 0.281 e. The molecule has 0 bridgehead atoms. The number of hydrogen-bond acceptors (Lipinski definition) is 8. The molecule has 0 saturated carbocycles. The summed E-state index contributed by atoms with van der Waals surface area (Å²) in [5, 5.41) is 31.5. The number of nitrogens with one attached hydrogen (secondary N) is 3. The van der Waals surface area contributed by atoms with Crippen molar-refractivity contribution < 1.29 is 24.6 Å². The monoisotopic (exact) mass is 630 g/mol. The van der Waals surface area contributed by atoms with Gasteiger partial charge in [0.15, 0.2) is 0 Å². The average molecular weight is 632 g/mol. The van der Waals surface area contributed by atoms with E-state index in [0.29, 0.717) is 42.2 Å². The van der Waals surface area contributed by atoms with E-state index >= 15 is 0 Å². The lowest BCUT2D eigenvalue weighted by Crippen LogP contribution is -2.26. The van der Waals surface area contributed by atoms with Crippen molar-refractivity contribution >= 4 is 69.3 Å². The number of halogens is 2. The molecule has 3 amide bonds. The van der Waals surface area contributed by atoms with Crippen LogP contribution in [0.5, 0.6) is 5.75 Å². The summed E-state index contributed by atoms with van der Waals surface area (Å²) >= 11 is 14.4. The Hall–Kier alpha value is -3.74. The van der Waals surface area contributed by atoms with E-state index in [9.17, 15) is 19.5 Å². The molecule has 0 aliphatic heterocycles. The molecule has 13 heteroatoms. The summed E-state index contributed by atoms with van der Waals surface area (Å²) in [6, 6.07) is 14.9. The molecule has 9 nitrogen and oxygen atoms in total. The van der Waals surface area contributed by atoms with E-state index in [1.54, 1.807) is 60.8 Å². The van der Waals surface area contributed by atoms with Gasteiger partial charge in [-0.3, -0.25) is 14.4 Å². The molecule has 0 unspecified atom stereocenters. The Morgan fingerprint density at radius 3 is 2.29 bits per heavy atom. The predicted molar refractivity (Wildman–Crippen MR) is 162 cm³/mol. The number of rotatable bonds is 10. The first kappa shape index (κ1) is 30.2. The fourth-order valence-electron chi connectivity index (χ4n) is 3.60. The van der Waals surface area contributed by atoms with E-state index < -0.39 is 5.91 Å². The lowest BCUT2D eigenvalue weighted by Gasteiger charge is -2.06. The van der Waals surface area contributed by atoms with Crippen LogP contribution in [-0.4, -0.2) is 46.8 Å². The normalized spacial score (nSPS) is 11.3. The molecule has 212 valence electrons. The van der Waals surface area contributed by atoms with Gasteiger partial charge in [-0.15, -0.1) is 22.7 Å². The van der Waals surface area contributed by atoms with Crippen LogP contribution in [0, 0.1) is 0 Å². The largest absolute Gasteiger partial charge is 0.506 e. The topological polar surface area (TPSA) is 140 Å². The van der Waals surface area contributed by atoms with Crippen LogP contribution in [0.3, 0.4) is 0 Å². The molecule has 0 fully saturated rings. The minimum atomic E-state index is -0.497. The van der Waals surface area contributed by atoms with E-state index in [1.165, 1.54) is 17.4 Å². The Morgan fingerprint density at radius 1 is 0.902 bits per heavy atom. The highest BCUT2D eigenvalue weighted by Crippen LogP contribution is 2.40. The van der Waals surface area contributed by atoms with Crippen molar-refractivity contribution in [2.45, 2.75) is 13.5 Å². The van der Waals surface area contributed by atoms with Crippen LogP contribution >= 0.6 is 45.9 Å². The Balaban J connectivity index is 1.33. The van der Waals surface area contributed by atoms with E-state index in [2.05, 4.69) is 21.2 Å². The maximum atomic E-state index is 12.7. The van der Waals surface area contributed by atoms with Gasteiger partial charge >= 0.3 is 0 Å². The lowest BCUT2D eigenvalue weighted by molar-refractivity contribution is 0.0939. The quantitative estimate of drug-likeness (QED) is 0.120. The first-order valence-electron chi connectivity index (χ1n) is 12.1. The molecular formula is C28H24Cl2N4O5S2. The van der Waals surface area contributed by atoms with Crippen molar-refractivity contribution in [3.8, 4) is 16.2 Å². The van der Waals surface area contributed by atoms with Crippen LogP contribution < -0.4 is 16.1 Å². The number of aliphatic hydroxyl groups is 1. The third-order valence-electron chi connectivity index (χ3n) is 5.78. The molecule has 0 aliphatic carbocycles. The third-order valence-corrected chi connectivity index (χ3v) is 8.62. The van der Waals surface area contributed by atoms with Crippen LogP contribution in [0.2, 0.25) is 10.0 Å². The number of benzene rings is 2. The summed E-state index contributed by atoms with van der Waals surface area (Å²) in [6.45, 7) is 1.91. The zero-order chi connectivity index (χ0) is 29.5. The second kappa shape index (κ2) is 13.7. The standard InChI is InChI=1S/C28H24Cl2N4O5S2/c1-15(19-14-40-25(24(19)36)18-6-7-20(29)21(30)12-18)33-34-28(39)23-9-8-22(41-23)27(38)32-13-16-2-4-17(5-3-16)26(37)31-10-11-35/h2-9,12,14,35-36H,10-11,13H2,1H3,(H,31,37)(H,32,38)(H,34,39)/b33-15-. The molecule has 0 radical (unpaired) electrons. The molecule has 2 aromatic carbocycles. The Labute approximate surface area is 253 Å². The second-order valence-electron chi connectivity index (χ2n) is 8.62. The lowest BCUT2D eigenvalue weighted by atomic mass is 10.1. The summed E-state index contributed by atoms with van der Waals surface area (Å²) in [7, 11) is 0. The molecule has 0 saturated heterocycles. The fraction of sp³-hybridized carbons (Fsp3) is 0.143. The third kappa shape index (κ3) is 7.51. The molecule has 2 aromatic heterocycles. The van der Waals surface area contributed by atoms with Gasteiger partial charge in [0.05, 0.1) is 42.6 Å². The summed E-state index contributed by atoms with van der Waals surface area (Å²) in [6.07, 6.45) is 0.